The van der Waals surface area contributed by atoms with E-state index in [1.54, 1.807) is 24.1 Å². The Bertz CT molecular complexity index is 481. The molecule has 2 atom stereocenters. The molecule has 0 spiro atoms. The molecule has 0 radical (unpaired) electrons. The van der Waals surface area contributed by atoms with Crippen molar-refractivity contribution in [1.82, 2.24) is 4.90 Å². The lowest BCUT2D eigenvalue weighted by molar-refractivity contribution is -0.136. The number of hydrogen-bond donors (Lipinski definition) is 1. The van der Waals surface area contributed by atoms with E-state index in [9.17, 15) is 9.18 Å². The topological polar surface area (TPSA) is 55.6 Å². The van der Waals surface area contributed by atoms with E-state index in [1.807, 2.05) is 0 Å². The molecule has 1 amide bonds. The summed E-state index contributed by atoms with van der Waals surface area (Å²) < 4.78 is 18.5. The van der Waals surface area contributed by atoms with Crippen molar-refractivity contribution in [3.8, 4) is 5.75 Å². The zero-order chi connectivity index (χ0) is 15.2. The summed E-state index contributed by atoms with van der Waals surface area (Å²) in [5.41, 5.74) is 6.03. The highest BCUT2D eigenvalue weighted by molar-refractivity contribution is 5.79. The van der Waals surface area contributed by atoms with Gasteiger partial charge in [0.2, 0.25) is 5.91 Å². The zero-order valence-electron chi connectivity index (χ0n) is 12.4. The van der Waals surface area contributed by atoms with Crippen molar-refractivity contribution in [2.24, 2.45) is 11.7 Å². The van der Waals surface area contributed by atoms with Gasteiger partial charge in [-0.3, -0.25) is 4.79 Å². The molecular formula is C16H23FN2O2. The summed E-state index contributed by atoms with van der Waals surface area (Å²) in [6, 6.07) is 5.96. The average Bonchev–Trinajstić information content (AvgIpc) is 2.47. The van der Waals surface area contributed by atoms with Crippen LogP contribution in [0.2, 0.25) is 0 Å². The van der Waals surface area contributed by atoms with Crippen LogP contribution in [0.15, 0.2) is 24.3 Å². The average molecular weight is 294 g/mol. The minimum atomic E-state index is -0.329. The number of benzene rings is 1. The van der Waals surface area contributed by atoms with Gasteiger partial charge in [-0.05, 0) is 25.0 Å². The SMILES string of the molecule is CN(CCOc1cccc(F)c1)C(=O)C1CCCCC1N. The number of nitrogens with zero attached hydrogens (tertiary/aromatic N) is 1. The first-order valence-electron chi connectivity index (χ1n) is 7.47. The van der Waals surface area contributed by atoms with Crippen molar-refractivity contribution >= 4 is 5.91 Å². The van der Waals surface area contributed by atoms with Crippen LogP contribution in [-0.4, -0.2) is 37.0 Å². The molecule has 1 aromatic rings. The van der Waals surface area contributed by atoms with Gasteiger partial charge in [-0.2, -0.15) is 0 Å². The molecule has 0 aliphatic heterocycles. The van der Waals surface area contributed by atoms with Crippen molar-refractivity contribution in [1.29, 1.82) is 0 Å². The molecule has 2 rings (SSSR count). The second kappa shape index (κ2) is 7.41. The molecule has 1 saturated carbocycles. The number of hydrogen-bond acceptors (Lipinski definition) is 3. The first kappa shape index (κ1) is 15.8. The van der Waals surface area contributed by atoms with Crippen LogP contribution < -0.4 is 10.5 Å². The summed E-state index contributed by atoms with van der Waals surface area (Å²) in [4.78, 5) is 14.0. The standard InChI is InChI=1S/C16H23FN2O2/c1-19(16(20)14-7-2-3-8-15(14)18)9-10-21-13-6-4-5-12(17)11-13/h4-6,11,14-15H,2-3,7-10,18H2,1H3. The van der Waals surface area contributed by atoms with E-state index in [1.165, 1.54) is 12.1 Å². The lowest BCUT2D eigenvalue weighted by Gasteiger charge is -2.31. The molecule has 0 aromatic heterocycles. The van der Waals surface area contributed by atoms with Crippen LogP contribution in [0, 0.1) is 11.7 Å². The van der Waals surface area contributed by atoms with Crippen molar-refractivity contribution in [3.63, 3.8) is 0 Å². The fourth-order valence-electron chi connectivity index (χ4n) is 2.72. The van der Waals surface area contributed by atoms with Crippen LogP contribution in [0.4, 0.5) is 4.39 Å². The van der Waals surface area contributed by atoms with Gasteiger partial charge in [0.25, 0.3) is 0 Å². The molecule has 116 valence electrons. The van der Waals surface area contributed by atoms with E-state index in [4.69, 9.17) is 10.5 Å². The van der Waals surface area contributed by atoms with E-state index >= 15 is 0 Å². The molecule has 0 saturated heterocycles. The van der Waals surface area contributed by atoms with Crippen LogP contribution in [0.5, 0.6) is 5.75 Å². The van der Waals surface area contributed by atoms with Crippen molar-refractivity contribution in [2.75, 3.05) is 20.2 Å². The summed E-state index contributed by atoms with van der Waals surface area (Å²) in [5.74, 6) is 0.165. The molecule has 2 unspecified atom stereocenters. The second-order valence-electron chi connectivity index (χ2n) is 5.62. The third-order valence-electron chi connectivity index (χ3n) is 4.00. The maximum absolute atomic E-state index is 13.0. The van der Waals surface area contributed by atoms with Crippen molar-refractivity contribution in [3.05, 3.63) is 30.1 Å². The maximum atomic E-state index is 13.0. The normalized spacial score (nSPS) is 21.9. The van der Waals surface area contributed by atoms with Gasteiger partial charge in [-0.25, -0.2) is 4.39 Å². The maximum Gasteiger partial charge on any atom is 0.227 e. The van der Waals surface area contributed by atoms with E-state index in [0.717, 1.165) is 25.7 Å². The van der Waals surface area contributed by atoms with E-state index in [0.29, 0.717) is 18.9 Å². The molecule has 0 heterocycles. The second-order valence-corrected chi connectivity index (χ2v) is 5.62. The van der Waals surface area contributed by atoms with Gasteiger partial charge in [0, 0.05) is 19.2 Å². The van der Waals surface area contributed by atoms with E-state index in [2.05, 4.69) is 0 Å². The number of ether oxygens (including phenoxy) is 1. The van der Waals surface area contributed by atoms with Crippen LogP contribution in [0.25, 0.3) is 0 Å². The van der Waals surface area contributed by atoms with Crippen LogP contribution in [0.3, 0.4) is 0 Å². The van der Waals surface area contributed by atoms with Crippen molar-refractivity contribution in [2.45, 2.75) is 31.7 Å². The fourth-order valence-corrected chi connectivity index (χ4v) is 2.72. The van der Waals surface area contributed by atoms with Crippen LogP contribution >= 0.6 is 0 Å². The number of carbonyl (C=O) groups excluding carboxylic acids is 1. The number of likely N-dealkylation sites (N-methyl/N-ethyl adjacent to an activating group) is 1. The predicted octanol–water partition coefficient (Wildman–Crippen LogP) is 2.18. The van der Waals surface area contributed by atoms with E-state index in [-0.39, 0.29) is 23.7 Å². The molecule has 1 aliphatic carbocycles. The van der Waals surface area contributed by atoms with Gasteiger partial charge in [0.1, 0.15) is 18.2 Å². The highest BCUT2D eigenvalue weighted by atomic mass is 19.1. The third-order valence-corrected chi connectivity index (χ3v) is 4.00. The smallest absolute Gasteiger partial charge is 0.227 e. The number of halogens is 1. The Morgan fingerprint density at radius 1 is 1.43 bits per heavy atom. The Labute approximate surface area is 125 Å². The molecule has 4 nitrogen and oxygen atoms in total. The molecule has 1 aliphatic rings. The quantitative estimate of drug-likeness (QED) is 0.905. The molecule has 5 heteroatoms. The highest BCUT2D eigenvalue weighted by Crippen LogP contribution is 2.24. The minimum absolute atomic E-state index is 0.0298. The number of amides is 1. The predicted molar refractivity (Wildman–Crippen MR) is 79.5 cm³/mol. The fraction of sp³-hybridized carbons (Fsp3) is 0.562. The molecule has 1 fully saturated rings. The summed E-state index contributed by atoms with van der Waals surface area (Å²) in [6.45, 7) is 0.812. The first-order chi connectivity index (χ1) is 10.1. The third kappa shape index (κ3) is 4.43. The summed E-state index contributed by atoms with van der Waals surface area (Å²) in [6.07, 6.45) is 3.97. The van der Waals surface area contributed by atoms with Crippen LogP contribution in [0.1, 0.15) is 25.7 Å². The Morgan fingerprint density at radius 3 is 2.90 bits per heavy atom. The first-order valence-corrected chi connectivity index (χ1v) is 7.47. The molecule has 1 aromatic carbocycles. The van der Waals surface area contributed by atoms with E-state index < -0.39 is 0 Å². The van der Waals surface area contributed by atoms with Gasteiger partial charge >= 0.3 is 0 Å². The summed E-state index contributed by atoms with van der Waals surface area (Å²) in [5, 5.41) is 0. The molecule has 2 N–H and O–H groups in total. The van der Waals surface area contributed by atoms with Crippen LogP contribution in [-0.2, 0) is 4.79 Å². The van der Waals surface area contributed by atoms with Gasteiger partial charge in [-0.15, -0.1) is 0 Å². The largest absolute Gasteiger partial charge is 0.492 e. The zero-order valence-corrected chi connectivity index (χ0v) is 12.4. The van der Waals surface area contributed by atoms with Gasteiger partial charge in [0.05, 0.1) is 12.5 Å². The Balaban J connectivity index is 1.78. The number of carbonyl (C=O) groups is 1. The lowest BCUT2D eigenvalue weighted by atomic mass is 9.84. The van der Waals surface area contributed by atoms with Crippen molar-refractivity contribution < 1.29 is 13.9 Å². The van der Waals surface area contributed by atoms with Gasteiger partial charge in [0.15, 0.2) is 0 Å². The minimum Gasteiger partial charge on any atom is -0.492 e. The molecule has 21 heavy (non-hydrogen) atoms. The summed E-state index contributed by atoms with van der Waals surface area (Å²) in [7, 11) is 1.76. The Kier molecular flexibility index (Phi) is 5.56. The summed E-state index contributed by atoms with van der Waals surface area (Å²) >= 11 is 0. The number of nitrogens with two attached hydrogens (primary N) is 1. The molecular weight excluding hydrogens is 271 g/mol. The Hall–Kier alpha value is -1.62. The van der Waals surface area contributed by atoms with Gasteiger partial charge in [-0.1, -0.05) is 18.9 Å². The lowest BCUT2D eigenvalue weighted by Crippen LogP contribution is -2.45. The molecule has 0 bridgehead atoms. The monoisotopic (exact) mass is 294 g/mol. The Morgan fingerprint density at radius 2 is 2.19 bits per heavy atom. The number of rotatable bonds is 5. The van der Waals surface area contributed by atoms with Gasteiger partial charge < -0.3 is 15.4 Å². The highest BCUT2D eigenvalue weighted by Gasteiger charge is 2.30.